The highest BCUT2D eigenvalue weighted by Gasteiger charge is 2.50. The number of carbonyl (C=O) groups is 1. The van der Waals surface area contributed by atoms with E-state index in [9.17, 15) is 4.79 Å². The Hall–Kier alpha value is -3.48. The first-order valence-electron chi connectivity index (χ1n) is 9.71. The van der Waals surface area contributed by atoms with E-state index < -0.39 is 0 Å². The predicted molar refractivity (Wildman–Crippen MR) is 110 cm³/mol. The van der Waals surface area contributed by atoms with Gasteiger partial charge in [-0.25, -0.2) is 9.97 Å². The Kier molecular flexibility index (Phi) is 3.97. The molecular formula is C22H22N6O. The van der Waals surface area contributed by atoms with Crippen molar-refractivity contribution in [1.29, 1.82) is 0 Å². The molecule has 0 radical (unpaired) electrons. The summed E-state index contributed by atoms with van der Waals surface area (Å²) in [5.74, 6) is 0.832. The summed E-state index contributed by atoms with van der Waals surface area (Å²) in [7, 11) is 0. The number of hydrogen-bond acceptors (Lipinski definition) is 5. The van der Waals surface area contributed by atoms with Crippen molar-refractivity contribution in [3.63, 3.8) is 0 Å². The first-order chi connectivity index (χ1) is 14.1. The van der Waals surface area contributed by atoms with E-state index in [1.807, 2.05) is 36.4 Å². The third-order valence-electron chi connectivity index (χ3n) is 5.77. The van der Waals surface area contributed by atoms with Gasteiger partial charge in [-0.2, -0.15) is 0 Å². The van der Waals surface area contributed by atoms with Gasteiger partial charge in [0.05, 0.1) is 17.6 Å². The molecule has 1 atom stereocenters. The average molecular weight is 386 g/mol. The van der Waals surface area contributed by atoms with Gasteiger partial charge < -0.3 is 14.4 Å². The summed E-state index contributed by atoms with van der Waals surface area (Å²) in [6, 6.07) is 8.25. The van der Waals surface area contributed by atoms with Crippen LogP contribution >= 0.6 is 0 Å². The molecule has 146 valence electrons. The van der Waals surface area contributed by atoms with E-state index in [1.54, 1.807) is 12.4 Å². The minimum atomic E-state index is -0.337. The molecule has 3 aromatic heterocycles. The number of amides is 1. The molecule has 0 unspecified atom stereocenters. The van der Waals surface area contributed by atoms with E-state index in [0.717, 1.165) is 29.2 Å². The Morgan fingerprint density at radius 2 is 2.10 bits per heavy atom. The Bertz CT molecular complexity index is 1090. The van der Waals surface area contributed by atoms with E-state index >= 15 is 0 Å². The molecule has 1 fully saturated rings. The Balaban J connectivity index is 1.60. The Labute approximate surface area is 169 Å². The largest absolute Gasteiger partial charge is 0.351 e. The third kappa shape index (κ3) is 2.65. The minimum absolute atomic E-state index is 0.0830. The molecule has 5 rings (SSSR count). The molecule has 0 aliphatic carbocycles. The number of aromatic nitrogens is 4. The van der Waals surface area contributed by atoms with Gasteiger partial charge >= 0.3 is 0 Å². The number of rotatable bonds is 3. The van der Waals surface area contributed by atoms with Crippen LogP contribution in [0.25, 0.3) is 5.82 Å². The van der Waals surface area contributed by atoms with Crippen LogP contribution in [0.2, 0.25) is 0 Å². The molecule has 2 aliphatic rings. The van der Waals surface area contributed by atoms with Gasteiger partial charge in [0.25, 0.3) is 5.91 Å². The zero-order valence-corrected chi connectivity index (χ0v) is 16.3. The van der Waals surface area contributed by atoms with E-state index in [0.29, 0.717) is 25.3 Å². The number of likely N-dealkylation sites (tertiary alicyclic amines) is 1. The number of anilines is 1. The van der Waals surface area contributed by atoms with Gasteiger partial charge in [-0.05, 0) is 37.6 Å². The van der Waals surface area contributed by atoms with Crippen molar-refractivity contribution >= 4 is 11.6 Å². The van der Waals surface area contributed by atoms with Crippen molar-refractivity contribution in [3.8, 4) is 5.82 Å². The van der Waals surface area contributed by atoms with Crippen molar-refractivity contribution < 1.29 is 4.79 Å². The zero-order chi connectivity index (χ0) is 20.0. The van der Waals surface area contributed by atoms with Gasteiger partial charge in [-0.3, -0.25) is 9.78 Å². The van der Waals surface area contributed by atoms with Crippen LogP contribution in [0.4, 0.5) is 5.69 Å². The van der Waals surface area contributed by atoms with E-state index in [4.69, 9.17) is 0 Å². The van der Waals surface area contributed by atoms with Crippen molar-refractivity contribution in [2.24, 2.45) is 0 Å². The fourth-order valence-electron chi connectivity index (χ4n) is 4.57. The number of hydrogen-bond donors (Lipinski definition) is 0. The van der Waals surface area contributed by atoms with Crippen LogP contribution < -0.4 is 4.90 Å². The topological polar surface area (TPSA) is 67.2 Å². The smallest absolute Gasteiger partial charge is 0.274 e. The quantitative estimate of drug-likeness (QED) is 0.648. The van der Waals surface area contributed by atoms with Gasteiger partial charge in [-0.15, -0.1) is 0 Å². The summed E-state index contributed by atoms with van der Waals surface area (Å²) in [5.41, 5.74) is 3.32. The maximum atomic E-state index is 13.1. The second-order valence-corrected chi connectivity index (χ2v) is 7.75. The summed E-state index contributed by atoms with van der Waals surface area (Å²) >= 11 is 0. The fourth-order valence-corrected chi connectivity index (χ4v) is 4.57. The SMILES string of the molecule is C=C(C)CN1c2cccnc2-n2cccc2[C@]12CCN(C(=O)c1cnccn1)C2. The van der Waals surface area contributed by atoms with Crippen LogP contribution in [0.3, 0.4) is 0 Å². The maximum absolute atomic E-state index is 13.1. The minimum Gasteiger partial charge on any atom is -0.351 e. The molecule has 0 N–H and O–H groups in total. The average Bonchev–Trinajstić information content (AvgIpc) is 3.40. The zero-order valence-electron chi connectivity index (χ0n) is 16.3. The summed E-state index contributed by atoms with van der Waals surface area (Å²) in [6.07, 6.45) is 9.35. The van der Waals surface area contributed by atoms with Crippen molar-refractivity contribution in [2.45, 2.75) is 18.9 Å². The van der Waals surface area contributed by atoms with Crippen molar-refractivity contribution in [2.75, 3.05) is 24.5 Å². The van der Waals surface area contributed by atoms with Gasteiger partial charge in [0.2, 0.25) is 0 Å². The molecule has 2 aliphatic heterocycles. The molecule has 0 bridgehead atoms. The highest BCUT2D eigenvalue weighted by molar-refractivity contribution is 5.92. The summed E-state index contributed by atoms with van der Waals surface area (Å²) in [4.78, 5) is 30.2. The van der Waals surface area contributed by atoms with Gasteiger partial charge in [0, 0.05) is 44.4 Å². The lowest BCUT2D eigenvalue weighted by atomic mass is 9.88. The lowest BCUT2D eigenvalue weighted by molar-refractivity contribution is 0.0776. The Morgan fingerprint density at radius 1 is 1.21 bits per heavy atom. The number of nitrogens with zero attached hydrogens (tertiary/aromatic N) is 6. The third-order valence-corrected chi connectivity index (χ3v) is 5.77. The molecule has 3 aromatic rings. The van der Waals surface area contributed by atoms with Gasteiger partial charge in [0.1, 0.15) is 11.2 Å². The van der Waals surface area contributed by atoms with Crippen LogP contribution in [0, 0.1) is 0 Å². The van der Waals surface area contributed by atoms with Crippen LogP contribution in [-0.4, -0.2) is 50.0 Å². The van der Waals surface area contributed by atoms with Crippen molar-refractivity contribution in [3.05, 3.63) is 78.8 Å². The molecule has 0 saturated carbocycles. The second kappa shape index (κ2) is 6.55. The molecule has 29 heavy (non-hydrogen) atoms. The molecule has 1 spiro atoms. The second-order valence-electron chi connectivity index (χ2n) is 7.75. The summed E-state index contributed by atoms with van der Waals surface area (Å²) < 4.78 is 2.15. The first-order valence-corrected chi connectivity index (χ1v) is 9.71. The van der Waals surface area contributed by atoms with Crippen LogP contribution in [0.5, 0.6) is 0 Å². The molecule has 0 aromatic carbocycles. The van der Waals surface area contributed by atoms with Crippen molar-refractivity contribution in [1.82, 2.24) is 24.4 Å². The number of pyridine rings is 1. The lowest BCUT2D eigenvalue weighted by Gasteiger charge is -2.47. The van der Waals surface area contributed by atoms with E-state index in [1.165, 1.54) is 6.20 Å². The fraction of sp³-hybridized carbons (Fsp3) is 0.273. The highest BCUT2D eigenvalue weighted by atomic mass is 16.2. The van der Waals surface area contributed by atoms with Crippen LogP contribution in [-0.2, 0) is 5.54 Å². The predicted octanol–water partition coefficient (Wildman–Crippen LogP) is 2.80. The first kappa shape index (κ1) is 17.6. The Morgan fingerprint density at radius 3 is 2.90 bits per heavy atom. The highest BCUT2D eigenvalue weighted by Crippen LogP contribution is 2.47. The molecule has 5 heterocycles. The number of fused-ring (bicyclic) bond motifs is 4. The molecule has 7 heteroatoms. The monoisotopic (exact) mass is 386 g/mol. The molecule has 1 amide bonds. The summed E-state index contributed by atoms with van der Waals surface area (Å²) in [6.45, 7) is 8.13. The normalized spacial score (nSPS) is 19.9. The van der Waals surface area contributed by atoms with Gasteiger partial charge in [-0.1, -0.05) is 12.2 Å². The summed E-state index contributed by atoms with van der Waals surface area (Å²) in [5, 5.41) is 0. The van der Waals surface area contributed by atoms with E-state index in [2.05, 4.69) is 43.1 Å². The molecule has 7 nitrogen and oxygen atoms in total. The lowest BCUT2D eigenvalue weighted by Crippen LogP contribution is -2.53. The van der Waals surface area contributed by atoms with E-state index in [-0.39, 0.29) is 11.4 Å². The number of carbonyl (C=O) groups excluding carboxylic acids is 1. The maximum Gasteiger partial charge on any atom is 0.274 e. The standard InChI is InChI=1S/C22H22N6O/c1-16(2)14-28-18-5-3-8-25-20(18)27-11-4-6-19(27)22(28)7-12-26(15-22)21(29)17-13-23-9-10-24-17/h3-6,8-11,13H,1,7,12,14-15H2,2H3/t22-/m1/s1. The van der Waals surface area contributed by atoms with Crippen LogP contribution in [0.1, 0.15) is 29.5 Å². The van der Waals surface area contributed by atoms with Gasteiger partial charge in [0.15, 0.2) is 5.82 Å². The molecular weight excluding hydrogens is 364 g/mol. The van der Waals surface area contributed by atoms with Crippen LogP contribution in [0.15, 0.2) is 67.4 Å². The molecule has 1 saturated heterocycles.